The van der Waals surface area contributed by atoms with Gasteiger partial charge < -0.3 is 4.90 Å². The fourth-order valence-corrected chi connectivity index (χ4v) is 6.97. The Hall–Kier alpha value is -3.36. The van der Waals surface area contributed by atoms with Gasteiger partial charge in [-0.2, -0.15) is 0 Å². The third-order valence-corrected chi connectivity index (χ3v) is 8.96. The first-order chi connectivity index (χ1) is 18.0. The van der Waals surface area contributed by atoms with Crippen molar-refractivity contribution in [2.45, 2.75) is 18.2 Å². The van der Waals surface area contributed by atoms with Crippen LogP contribution in [0.4, 0.5) is 21.5 Å². The van der Waals surface area contributed by atoms with Gasteiger partial charge in [0.25, 0.3) is 5.91 Å². The van der Waals surface area contributed by atoms with Gasteiger partial charge in [-0.25, -0.2) is 4.39 Å². The Kier molecular flexibility index (Phi) is 6.16. The Bertz CT molecular complexity index is 1340. The highest BCUT2D eigenvalue weighted by Crippen LogP contribution is 2.55. The monoisotopic (exact) mass is 516 g/mol. The van der Waals surface area contributed by atoms with Crippen LogP contribution in [0, 0.1) is 5.82 Å². The quantitative estimate of drug-likeness (QED) is 0.502. The van der Waals surface area contributed by atoms with Crippen molar-refractivity contribution in [3.63, 3.8) is 0 Å². The molecule has 2 saturated heterocycles. The van der Waals surface area contributed by atoms with E-state index in [4.69, 9.17) is 0 Å². The van der Waals surface area contributed by atoms with Gasteiger partial charge in [0.15, 0.2) is 0 Å². The molecule has 0 saturated carbocycles. The summed E-state index contributed by atoms with van der Waals surface area (Å²) >= 11 is 1.41. The summed E-state index contributed by atoms with van der Waals surface area (Å²) in [6.07, 6.45) is 0.911. The lowest BCUT2D eigenvalue weighted by molar-refractivity contribution is -0.124. The van der Waals surface area contributed by atoms with E-state index in [-0.39, 0.29) is 23.4 Å². The highest BCUT2D eigenvalue weighted by Gasteiger charge is 2.61. The molecule has 3 aliphatic heterocycles. The molecule has 190 valence electrons. The first kappa shape index (κ1) is 24.0. The molecule has 2 fully saturated rings. The van der Waals surface area contributed by atoms with Gasteiger partial charge in [0.05, 0.1) is 23.8 Å². The van der Waals surface area contributed by atoms with Crippen molar-refractivity contribution in [1.82, 2.24) is 4.90 Å². The lowest BCUT2D eigenvalue weighted by Crippen LogP contribution is -2.54. The fraction of sp³-hybridized carbons (Fsp3) is 0.310. The highest BCUT2D eigenvalue weighted by atomic mass is 32.2. The topological polar surface area (TPSA) is 47.1 Å². The Morgan fingerprint density at radius 1 is 0.865 bits per heavy atom. The standard InChI is InChI=1S/C29H29FN4O2S/c1-2-21-11-13-22(14-12-21)34-27(35)19-37-29(34)23-7-3-5-9-25(23)33(28(29)36)20-31-15-17-32(18-16-31)26-10-6-4-8-24(26)30/h3-14H,2,15-20H2,1H3/t29-/m0/s1. The molecular formula is C29H29FN4O2S. The van der Waals surface area contributed by atoms with Crippen molar-refractivity contribution in [2.24, 2.45) is 0 Å². The van der Waals surface area contributed by atoms with E-state index in [9.17, 15) is 14.0 Å². The van der Waals surface area contributed by atoms with Crippen LogP contribution in [0.25, 0.3) is 0 Å². The lowest BCUT2D eigenvalue weighted by atomic mass is 10.0. The minimum absolute atomic E-state index is 0.0576. The summed E-state index contributed by atoms with van der Waals surface area (Å²) in [4.78, 5) is 34.2. The van der Waals surface area contributed by atoms with E-state index in [1.54, 1.807) is 11.0 Å². The van der Waals surface area contributed by atoms with Crippen LogP contribution in [-0.4, -0.2) is 55.3 Å². The molecule has 6 rings (SSSR count). The number of hydrogen-bond acceptors (Lipinski definition) is 5. The Balaban J connectivity index is 1.27. The first-order valence-corrected chi connectivity index (χ1v) is 13.7. The molecule has 0 N–H and O–H groups in total. The summed E-state index contributed by atoms with van der Waals surface area (Å²) in [6, 6.07) is 22.6. The summed E-state index contributed by atoms with van der Waals surface area (Å²) in [6.45, 7) is 5.30. The maximum Gasteiger partial charge on any atom is 0.269 e. The van der Waals surface area contributed by atoms with Crippen molar-refractivity contribution in [2.75, 3.05) is 53.3 Å². The third kappa shape index (κ3) is 3.90. The summed E-state index contributed by atoms with van der Waals surface area (Å²) in [5, 5.41) is 0. The molecule has 3 aliphatic rings. The largest absolute Gasteiger partial charge is 0.367 e. The van der Waals surface area contributed by atoms with Gasteiger partial charge in [0.2, 0.25) is 10.8 Å². The van der Waals surface area contributed by atoms with Crippen LogP contribution in [0.1, 0.15) is 18.1 Å². The zero-order valence-corrected chi connectivity index (χ0v) is 21.6. The van der Waals surface area contributed by atoms with Gasteiger partial charge >= 0.3 is 0 Å². The number of thioether (sulfide) groups is 1. The molecular weight excluding hydrogens is 487 g/mol. The van der Waals surface area contributed by atoms with Crippen molar-refractivity contribution in [3.8, 4) is 0 Å². The summed E-state index contributed by atoms with van der Waals surface area (Å²) in [5.41, 5.74) is 4.26. The molecule has 0 bridgehead atoms. The summed E-state index contributed by atoms with van der Waals surface area (Å²) in [7, 11) is 0. The van der Waals surface area contributed by atoms with Crippen LogP contribution in [0.2, 0.25) is 0 Å². The first-order valence-electron chi connectivity index (χ1n) is 12.7. The van der Waals surface area contributed by atoms with Crippen LogP contribution >= 0.6 is 11.8 Å². The second-order valence-corrected chi connectivity index (χ2v) is 10.8. The summed E-state index contributed by atoms with van der Waals surface area (Å²) in [5.74, 6) is -0.0972. The number of fused-ring (bicyclic) bond motifs is 2. The molecule has 3 aromatic rings. The van der Waals surface area contributed by atoms with Gasteiger partial charge in [0.1, 0.15) is 5.82 Å². The number of anilines is 3. The molecule has 0 aromatic heterocycles. The summed E-state index contributed by atoms with van der Waals surface area (Å²) < 4.78 is 14.3. The van der Waals surface area contributed by atoms with Gasteiger partial charge in [-0.05, 0) is 42.3 Å². The molecule has 1 spiro atoms. The predicted octanol–water partition coefficient (Wildman–Crippen LogP) is 4.45. The number of aryl methyl sites for hydroxylation is 1. The number of piperazine rings is 1. The number of carbonyl (C=O) groups is 2. The third-order valence-electron chi connectivity index (χ3n) is 7.57. The molecule has 8 heteroatoms. The number of halogens is 1. The van der Waals surface area contributed by atoms with Crippen LogP contribution < -0.4 is 14.7 Å². The van der Waals surface area contributed by atoms with E-state index in [2.05, 4.69) is 16.7 Å². The van der Waals surface area contributed by atoms with Gasteiger partial charge in [0, 0.05) is 37.4 Å². The SMILES string of the molecule is CCc1ccc(N2C(=O)CS[C@@]23C(=O)N(CN2CCN(c4ccccc4F)CC2)c2ccccc23)cc1. The maximum atomic E-state index is 14.3. The smallest absolute Gasteiger partial charge is 0.269 e. The normalized spacial score (nSPS) is 21.8. The van der Waals surface area contributed by atoms with E-state index in [0.717, 1.165) is 23.4 Å². The van der Waals surface area contributed by atoms with E-state index in [1.807, 2.05) is 65.6 Å². The number of carbonyl (C=O) groups excluding carboxylic acids is 2. The molecule has 2 amide bonds. The Morgan fingerprint density at radius 3 is 2.24 bits per heavy atom. The minimum Gasteiger partial charge on any atom is -0.367 e. The molecule has 3 heterocycles. The average Bonchev–Trinajstić information content (AvgIpc) is 3.40. The number of hydrogen-bond donors (Lipinski definition) is 0. The molecule has 6 nitrogen and oxygen atoms in total. The van der Waals surface area contributed by atoms with Crippen LogP contribution in [0.15, 0.2) is 72.8 Å². The Morgan fingerprint density at radius 2 is 1.54 bits per heavy atom. The number of amides is 2. The number of para-hydroxylation sites is 2. The highest BCUT2D eigenvalue weighted by molar-refractivity contribution is 8.02. The zero-order valence-electron chi connectivity index (χ0n) is 20.8. The van der Waals surface area contributed by atoms with E-state index in [1.165, 1.54) is 23.4 Å². The molecule has 0 unspecified atom stereocenters. The van der Waals surface area contributed by atoms with Gasteiger partial charge in [-0.3, -0.25) is 24.3 Å². The van der Waals surface area contributed by atoms with Crippen LogP contribution in [0.5, 0.6) is 0 Å². The molecule has 0 radical (unpaired) electrons. The van der Waals surface area contributed by atoms with Crippen LogP contribution in [0.3, 0.4) is 0 Å². The lowest BCUT2D eigenvalue weighted by Gasteiger charge is -2.38. The predicted molar refractivity (Wildman–Crippen MR) is 146 cm³/mol. The van der Waals surface area contributed by atoms with Crippen molar-refractivity contribution in [1.29, 1.82) is 0 Å². The number of benzene rings is 3. The molecule has 0 aliphatic carbocycles. The zero-order chi connectivity index (χ0) is 25.6. The van der Waals surface area contributed by atoms with Crippen LogP contribution in [-0.2, 0) is 20.9 Å². The molecule has 3 aromatic carbocycles. The van der Waals surface area contributed by atoms with Crippen molar-refractivity contribution in [3.05, 3.63) is 89.7 Å². The van der Waals surface area contributed by atoms with Crippen molar-refractivity contribution >= 4 is 40.6 Å². The van der Waals surface area contributed by atoms with E-state index in [0.29, 0.717) is 38.5 Å². The Labute approximate surface area is 220 Å². The second-order valence-electron chi connectivity index (χ2n) is 9.63. The molecule has 37 heavy (non-hydrogen) atoms. The van der Waals surface area contributed by atoms with Gasteiger partial charge in [-0.1, -0.05) is 49.4 Å². The van der Waals surface area contributed by atoms with Gasteiger partial charge in [-0.15, -0.1) is 11.8 Å². The molecule has 1 atom stereocenters. The maximum absolute atomic E-state index is 14.3. The fourth-order valence-electron chi connectivity index (χ4n) is 5.61. The van der Waals surface area contributed by atoms with E-state index >= 15 is 0 Å². The average molecular weight is 517 g/mol. The van der Waals surface area contributed by atoms with Crippen molar-refractivity contribution < 1.29 is 14.0 Å². The number of rotatable bonds is 5. The minimum atomic E-state index is -1.10. The number of nitrogens with zero attached hydrogens (tertiary/aromatic N) is 4. The second kappa shape index (κ2) is 9.50. The van der Waals surface area contributed by atoms with E-state index < -0.39 is 4.87 Å².